The molecule has 1 N–H and O–H groups in total. The molecule has 0 aliphatic rings. The molecule has 0 aliphatic carbocycles. The van der Waals surface area contributed by atoms with Crippen LogP contribution in [0, 0.1) is 5.82 Å². The van der Waals surface area contributed by atoms with Gasteiger partial charge in [-0.15, -0.1) is 0 Å². The Kier molecular flexibility index (Phi) is 9.06. The van der Waals surface area contributed by atoms with E-state index in [1.165, 1.54) is 31.3 Å². The molecule has 3 rings (SSSR count). The number of benzene rings is 3. The minimum Gasteiger partial charge on any atom is -0.493 e. The highest BCUT2D eigenvalue weighted by molar-refractivity contribution is 5.97. The van der Waals surface area contributed by atoms with Gasteiger partial charge in [-0.2, -0.15) is 0 Å². The zero-order valence-corrected chi connectivity index (χ0v) is 20.0. The lowest BCUT2D eigenvalue weighted by atomic mass is 10.1. The molecule has 0 radical (unpaired) electrons. The predicted molar refractivity (Wildman–Crippen MR) is 130 cm³/mol. The Labute approximate surface area is 204 Å². The second-order valence-electron chi connectivity index (χ2n) is 7.71. The topological polar surface area (TPSA) is 77.1 Å². The molecule has 0 heterocycles. The molecule has 0 spiro atoms. The summed E-state index contributed by atoms with van der Waals surface area (Å²) in [5, 5.41) is 2.75. The van der Waals surface area contributed by atoms with Gasteiger partial charge in [-0.25, -0.2) is 4.39 Å². The summed E-state index contributed by atoms with van der Waals surface area (Å²) in [5.41, 5.74) is 2.04. The Balaban J connectivity index is 1.70. The van der Waals surface area contributed by atoms with Gasteiger partial charge in [-0.05, 0) is 42.3 Å². The van der Waals surface area contributed by atoms with Crippen molar-refractivity contribution in [1.29, 1.82) is 0 Å². The fourth-order valence-electron chi connectivity index (χ4n) is 3.42. The molecule has 3 aromatic rings. The molecule has 0 fully saturated rings. The van der Waals surface area contributed by atoms with E-state index in [1.807, 2.05) is 30.3 Å². The Morgan fingerprint density at radius 1 is 0.914 bits per heavy atom. The molecule has 0 bridgehead atoms. The Morgan fingerprint density at radius 3 is 2.11 bits per heavy atom. The van der Waals surface area contributed by atoms with Gasteiger partial charge in [0.25, 0.3) is 5.91 Å². The van der Waals surface area contributed by atoms with E-state index in [0.29, 0.717) is 36.0 Å². The molecule has 8 heteroatoms. The van der Waals surface area contributed by atoms with Crippen molar-refractivity contribution >= 4 is 11.8 Å². The molecule has 0 saturated heterocycles. The molecule has 0 saturated carbocycles. The number of methoxy groups -OCH3 is 2. The van der Waals surface area contributed by atoms with Gasteiger partial charge in [0.1, 0.15) is 12.4 Å². The summed E-state index contributed by atoms with van der Waals surface area (Å²) >= 11 is 0. The van der Waals surface area contributed by atoms with Gasteiger partial charge >= 0.3 is 0 Å². The maximum Gasteiger partial charge on any atom is 0.254 e. The van der Waals surface area contributed by atoms with Gasteiger partial charge in [0.2, 0.25) is 11.7 Å². The van der Waals surface area contributed by atoms with E-state index in [1.54, 1.807) is 31.2 Å². The van der Waals surface area contributed by atoms with Crippen molar-refractivity contribution in [2.24, 2.45) is 0 Å². The summed E-state index contributed by atoms with van der Waals surface area (Å²) in [4.78, 5) is 27.1. The minimum atomic E-state index is -0.351. The van der Waals surface area contributed by atoms with Crippen molar-refractivity contribution in [3.63, 3.8) is 0 Å². The van der Waals surface area contributed by atoms with E-state index in [2.05, 4.69) is 5.32 Å². The normalized spacial score (nSPS) is 10.4. The third-order valence-corrected chi connectivity index (χ3v) is 5.34. The van der Waals surface area contributed by atoms with Crippen LogP contribution in [0.2, 0.25) is 0 Å². The van der Waals surface area contributed by atoms with Gasteiger partial charge in [-0.3, -0.25) is 9.59 Å². The SMILES string of the molecule is CCN(CC(=O)NCc1ccc(F)cc1)C(=O)c1cc(OC)c(OCc2ccccc2)c(OC)c1. The van der Waals surface area contributed by atoms with Crippen LogP contribution in [0.15, 0.2) is 66.7 Å². The number of nitrogens with zero attached hydrogens (tertiary/aromatic N) is 1. The number of ether oxygens (including phenoxy) is 3. The summed E-state index contributed by atoms with van der Waals surface area (Å²) in [7, 11) is 2.97. The average molecular weight is 481 g/mol. The maximum atomic E-state index is 13.2. The quantitative estimate of drug-likeness (QED) is 0.445. The second-order valence-corrected chi connectivity index (χ2v) is 7.71. The van der Waals surface area contributed by atoms with Crippen LogP contribution in [0.3, 0.4) is 0 Å². The molecule has 184 valence electrons. The monoisotopic (exact) mass is 480 g/mol. The van der Waals surface area contributed by atoms with Gasteiger partial charge in [0.05, 0.1) is 20.8 Å². The standard InChI is InChI=1S/C27H29FN2O5/c1-4-30(17-25(31)29-16-19-10-12-22(28)13-11-19)27(32)21-14-23(33-2)26(24(15-21)34-3)35-18-20-8-6-5-7-9-20/h5-15H,4,16-18H2,1-3H3,(H,29,31). The highest BCUT2D eigenvalue weighted by Gasteiger charge is 2.22. The average Bonchev–Trinajstić information content (AvgIpc) is 2.89. The van der Waals surface area contributed by atoms with Crippen molar-refractivity contribution in [2.75, 3.05) is 27.3 Å². The zero-order valence-electron chi connectivity index (χ0n) is 20.0. The maximum absolute atomic E-state index is 13.2. The Bertz CT molecular complexity index is 1110. The fourth-order valence-corrected chi connectivity index (χ4v) is 3.42. The highest BCUT2D eigenvalue weighted by Crippen LogP contribution is 2.39. The Hall–Kier alpha value is -4.07. The van der Waals surface area contributed by atoms with Crippen LogP contribution < -0.4 is 19.5 Å². The first-order valence-electron chi connectivity index (χ1n) is 11.2. The molecule has 0 aromatic heterocycles. The van der Waals surface area contributed by atoms with Crippen molar-refractivity contribution in [1.82, 2.24) is 10.2 Å². The number of amides is 2. The largest absolute Gasteiger partial charge is 0.493 e. The smallest absolute Gasteiger partial charge is 0.254 e. The van der Waals surface area contributed by atoms with Crippen LogP contribution in [0.1, 0.15) is 28.4 Å². The number of carbonyl (C=O) groups is 2. The number of carbonyl (C=O) groups excluding carboxylic acids is 2. The van der Waals surface area contributed by atoms with Crippen LogP contribution in [0.4, 0.5) is 4.39 Å². The van der Waals surface area contributed by atoms with E-state index in [9.17, 15) is 14.0 Å². The third-order valence-electron chi connectivity index (χ3n) is 5.34. The summed E-state index contributed by atoms with van der Waals surface area (Å²) in [6.07, 6.45) is 0. The van der Waals surface area contributed by atoms with Gasteiger partial charge in [-0.1, -0.05) is 42.5 Å². The molecule has 0 unspecified atom stereocenters. The Morgan fingerprint density at radius 2 is 1.54 bits per heavy atom. The van der Waals surface area contributed by atoms with Crippen LogP contribution in [-0.4, -0.2) is 44.0 Å². The highest BCUT2D eigenvalue weighted by atomic mass is 19.1. The number of rotatable bonds is 11. The fraction of sp³-hybridized carbons (Fsp3) is 0.259. The van der Waals surface area contributed by atoms with Gasteiger partial charge in [0.15, 0.2) is 11.5 Å². The lowest BCUT2D eigenvalue weighted by Gasteiger charge is -2.22. The number of hydrogen-bond donors (Lipinski definition) is 1. The van der Waals surface area contributed by atoms with Crippen LogP contribution >= 0.6 is 0 Å². The number of nitrogens with one attached hydrogen (secondary N) is 1. The molecule has 0 aliphatic heterocycles. The van der Waals surface area contributed by atoms with E-state index >= 15 is 0 Å². The second kappa shape index (κ2) is 12.4. The van der Waals surface area contributed by atoms with Crippen molar-refractivity contribution < 1.29 is 28.2 Å². The summed E-state index contributed by atoms with van der Waals surface area (Å²) < 4.78 is 29.9. The van der Waals surface area contributed by atoms with Gasteiger partial charge in [0, 0.05) is 18.7 Å². The van der Waals surface area contributed by atoms with Gasteiger partial charge < -0.3 is 24.4 Å². The van der Waals surface area contributed by atoms with E-state index in [4.69, 9.17) is 14.2 Å². The number of likely N-dealkylation sites (N-methyl/N-ethyl adjacent to an activating group) is 1. The molecular weight excluding hydrogens is 451 g/mol. The number of hydrogen-bond acceptors (Lipinski definition) is 5. The molecule has 0 atom stereocenters. The lowest BCUT2D eigenvalue weighted by Crippen LogP contribution is -2.40. The minimum absolute atomic E-state index is 0.132. The lowest BCUT2D eigenvalue weighted by molar-refractivity contribution is -0.121. The van der Waals surface area contributed by atoms with E-state index in [-0.39, 0.29) is 30.7 Å². The van der Waals surface area contributed by atoms with Crippen LogP contribution in [0.5, 0.6) is 17.2 Å². The van der Waals surface area contributed by atoms with Crippen molar-refractivity contribution in [2.45, 2.75) is 20.1 Å². The van der Waals surface area contributed by atoms with Crippen LogP contribution in [0.25, 0.3) is 0 Å². The zero-order chi connectivity index (χ0) is 25.2. The molecule has 2 amide bonds. The molecule has 3 aromatic carbocycles. The summed E-state index contributed by atoms with van der Waals surface area (Å²) in [5.74, 6) is 0.0588. The summed E-state index contributed by atoms with van der Waals surface area (Å²) in [6, 6.07) is 18.6. The molecular formula is C27H29FN2O5. The van der Waals surface area contributed by atoms with E-state index < -0.39 is 0 Å². The molecule has 35 heavy (non-hydrogen) atoms. The number of halogens is 1. The third kappa shape index (κ3) is 6.96. The van der Waals surface area contributed by atoms with E-state index in [0.717, 1.165) is 11.1 Å². The van der Waals surface area contributed by atoms with Crippen molar-refractivity contribution in [3.8, 4) is 17.2 Å². The first-order valence-corrected chi connectivity index (χ1v) is 11.2. The van der Waals surface area contributed by atoms with Crippen molar-refractivity contribution in [3.05, 3.63) is 89.2 Å². The molecule has 7 nitrogen and oxygen atoms in total. The predicted octanol–water partition coefficient (Wildman–Crippen LogP) is 4.20. The summed E-state index contributed by atoms with van der Waals surface area (Å²) in [6.45, 7) is 2.51. The first kappa shape index (κ1) is 25.6. The van der Waals surface area contributed by atoms with Crippen LogP contribution in [-0.2, 0) is 17.9 Å². The first-order chi connectivity index (χ1) is 16.9.